The van der Waals surface area contributed by atoms with Gasteiger partial charge in [-0.05, 0) is 17.9 Å². The predicted molar refractivity (Wildman–Crippen MR) is 84.2 cm³/mol. The monoisotopic (exact) mass is 301 g/mol. The zero-order valence-corrected chi connectivity index (χ0v) is 13.5. The summed E-state index contributed by atoms with van der Waals surface area (Å²) in [5, 5.41) is 8.89. The number of hydrogen-bond donors (Lipinski definition) is 0. The molecule has 0 N–H and O–H groups in total. The molecule has 1 aromatic heterocycles. The van der Waals surface area contributed by atoms with Crippen molar-refractivity contribution in [2.75, 3.05) is 31.1 Å². The number of amides is 1. The minimum absolute atomic E-state index is 0.184. The lowest BCUT2D eigenvalue weighted by Crippen LogP contribution is -2.49. The van der Waals surface area contributed by atoms with Crippen LogP contribution in [-0.2, 0) is 4.79 Å². The summed E-state index contributed by atoms with van der Waals surface area (Å²) < 4.78 is 0. The molecule has 0 radical (unpaired) electrons. The van der Waals surface area contributed by atoms with Gasteiger partial charge in [0.1, 0.15) is 11.8 Å². The average molecular weight is 301 g/mol. The lowest BCUT2D eigenvalue weighted by atomic mass is 9.90. The number of hydrogen-bond acceptors (Lipinski definition) is 5. The van der Waals surface area contributed by atoms with Gasteiger partial charge in [0.15, 0.2) is 0 Å². The number of nitrogens with zero attached hydrogens (tertiary/aromatic N) is 5. The molecular weight excluding hydrogens is 278 g/mol. The molecule has 6 heteroatoms. The Labute approximate surface area is 131 Å². The second-order valence-electron chi connectivity index (χ2n) is 6.78. The molecule has 6 nitrogen and oxygen atoms in total. The van der Waals surface area contributed by atoms with Gasteiger partial charge in [0.05, 0.1) is 0 Å². The first kappa shape index (κ1) is 16.2. The lowest BCUT2D eigenvalue weighted by Gasteiger charge is -2.35. The van der Waals surface area contributed by atoms with E-state index in [1.165, 1.54) is 0 Å². The van der Waals surface area contributed by atoms with Crippen molar-refractivity contribution in [2.24, 2.45) is 5.41 Å². The van der Waals surface area contributed by atoms with Crippen LogP contribution in [0.3, 0.4) is 0 Å². The first-order valence-corrected chi connectivity index (χ1v) is 7.65. The summed E-state index contributed by atoms with van der Waals surface area (Å²) in [6, 6.07) is 3.61. The Morgan fingerprint density at radius 1 is 1.32 bits per heavy atom. The molecule has 118 valence electrons. The minimum Gasteiger partial charge on any atom is -0.339 e. The fourth-order valence-electron chi connectivity index (χ4n) is 2.36. The molecule has 22 heavy (non-hydrogen) atoms. The smallest absolute Gasteiger partial charge is 0.226 e. The van der Waals surface area contributed by atoms with Gasteiger partial charge in [-0.15, -0.1) is 0 Å². The fraction of sp³-hybridized carbons (Fsp3) is 0.625. The third-order valence-electron chi connectivity index (χ3n) is 3.76. The molecule has 0 aliphatic carbocycles. The van der Waals surface area contributed by atoms with Crippen LogP contribution in [0.25, 0.3) is 0 Å². The molecular formula is C16H23N5O. The lowest BCUT2D eigenvalue weighted by molar-refractivity contribution is -0.132. The van der Waals surface area contributed by atoms with E-state index in [0.717, 1.165) is 6.42 Å². The first-order chi connectivity index (χ1) is 10.4. The number of piperazine rings is 1. The number of anilines is 1. The van der Waals surface area contributed by atoms with Gasteiger partial charge in [-0.2, -0.15) is 5.26 Å². The molecule has 1 aliphatic heterocycles. The summed E-state index contributed by atoms with van der Waals surface area (Å²) in [5.74, 6) is 0.794. The molecule has 0 atom stereocenters. The van der Waals surface area contributed by atoms with E-state index >= 15 is 0 Å². The Morgan fingerprint density at radius 2 is 2.00 bits per heavy atom. The Bertz CT molecular complexity index is 565. The van der Waals surface area contributed by atoms with Gasteiger partial charge in [-0.3, -0.25) is 4.79 Å². The van der Waals surface area contributed by atoms with Crippen LogP contribution in [0.15, 0.2) is 12.3 Å². The van der Waals surface area contributed by atoms with Crippen LogP contribution in [0.5, 0.6) is 0 Å². The average Bonchev–Trinajstić information content (AvgIpc) is 2.52. The largest absolute Gasteiger partial charge is 0.339 e. The van der Waals surface area contributed by atoms with Crippen molar-refractivity contribution >= 4 is 11.9 Å². The summed E-state index contributed by atoms with van der Waals surface area (Å²) in [5.41, 5.74) is 0.553. The van der Waals surface area contributed by atoms with Crippen molar-refractivity contribution in [2.45, 2.75) is 33.6 Å². The third kappa shape index (κ3) is 4.42. The number of rotatable bonds is 3. The van der Waals surface area contributed by atoms with E-state index in [4.69, 9.17) is 5.26 Å². The summed E-state index contributed by atoms with van der Waals surface area (Å²) in [7, 11) is 0. The Morgan fingerprint density at radius 3 is 2.59 bits per heavy atom. The van der Waals surface area contributed by atoms with Gasteiger partial charge in [-0.25, -0.2) is 9.97 Å². The normalized spacial score (nSPS) is 15.5. The zero-order valence-electron chi connectivity index (χ0n) is 13.5. The molecule has 0 unspecified atom stereocenters. The van der Waals surface area contributed by atoms with Crippen LogP contribution < -0.4 is 4.90 Å². The molecule has 0 aromatic carbocycles. The Hall–Kier alpha value is -2.16. The standard InChI is InChI=1S/C16H23N5O/c1-16(2,3)6-4-14(22)20-8-10-21(11-9-20)15-18-7-5-13(12-17)19-15/h5,7H,4,6,8-11H2,1-3H3. The van der Waals surface area contributed by atoms with Gasteiger partial charge in [0.2, 0.25) is 11.9 Å². The second-order valence-corrected chi connectivity index (χ2v) is 6.78. The Balaban J connectivity index is 1.87. The highest BCUT2D eigenvalue weighted by Crippen LogP contribution is 2.21. The molecule has 1 fully saturated rings. The molecule has 0 bridgehead atoms. The summed E-state index contributed by atoms with van der Waals surface area (Å²) >= 11 is 0. The quantitative estimate of drug-likeness (QED) is 0.851. The van der Waals surface area contributed by atoms with Gasteiger partial charge >= 0.3 is 0 Å². The highest BCUT2D eigenvalue weighted by molar-refractivity contribution is 5.76. The van der Waals surface area contributed by atoms with Gasteiger partial charge < -0.3 is 9.80 Å². The summed E-state index contributed by atoms with van der Waals surface area (Å²) in [4.78, 5) is 24.6. The predicted octanol–water partition coefficient (Wildman–Crippen LogP) is 1.82. The van der Waals surface area contributed by atoms with Crippen LogP contribution in [-0.4, -0.2) is 47.0 Å². The van der Waals surface area contributed by atoms with Crippen LogP contribution in [0.4, 0.5) is 5.95 Å². The van der Waals surface area contributed by atoms with E-state index in [1.807, 2.05) is 15.9 Å². The molecule has 1 aromatic rings. The fourth-order valence-corrected chi connectivity index (χ4v) is 2.36. The maximum Gasteiger partial charge on any atom is 0.226 e. The second kappa shape index (κ2) is 6.73. The van der Waals surface area contributed by atoms with Crippen molar-refractivity contribution in [3.63, 3.8) is 0 Å². The molecule has 0 spiro atoms. The minimum atomic E-state index is 0.184. The number of nitriles is 1. The van der Waals surface area contributed by atoms with Crippen molar-refractivity contribution in [3.05, 3.63) is 18.0 Å². The van der Waals surface area contributed by atoms with Crippen molar-refractivity contribution in [1.82, 2.24) is 14.9 Å². The SMILES string of the molecule is CC(C)(C)CCC(=O)N1CCN(c2nccc(C#N)n2)CC1. The maximum atomic E-state index is 12.2. The van der Waals surface area contributed by atoms with Gasteiger partial charge in [-0.1, -0.05) is 20.8 Å². The Kier molecular flexibility index (Phi) is 4.96. The third-order valence-corrected chi connectivity index (χ3v) is 3.76. The van der Waals surface area contributed by atoms with Crippen molar-refractivity contribution in [1.29, 1.82) is 5.26 Å². The zero-order chi connectivity index (χ0) is 16.2. The maximum absolute atomic E-state index is 12.2. The molecule has 1 amide bonds. The summed E-state index contributed by atoms with van der Waals surface area (Å²) in [6.07, 6.45) is 3.10. The van der Waals surface area contributed by atoms with Crippen molar-refractivity contribution in [3.8, 4) is 6.07 Å². The van der Waals surface area contributed by atoms with Gasteiger partial charge in [0, 0.05) is 38.8 Å². The highest BCUT2D eigenvalue weighted by atomic mass is 16.2. The highest BCUT2D eigenvalue weighted by Gasteiger charge is 2.23. The van der Waals surface area contributed by atoms with Crippen LogP contribution in [0.1, 0.15) is 39.3 Å². The van der Waals surface area contributed by atoms with Crippen LogP contribution in [0.2, 0.25) is 0 Å². The first-order valence-electron chi connectivity index (χ1n) is 7.65. The van der Waals surface area contributed by atoms with Crippen molar-refractivity contribution < 1.29 is 4.79 Å². The van der Waals surface area contributed by atoms with E-state index in [2.05, 4.69) is 30.7 Å². The van der Waals surface area contributed by atoms with E-state index in [9.17, 15) is 4.79 Å². The molecule has 2 heterocycles. The number of aromatic nitrogens is 2. The molecule has 1 aliphatic rings. The molecule has 1 saturated heterocycles. The summed E-state index contributed by atoms with van der Waals surface area (Å²) in [6.45, 7) is 9.23. The van der Waals surface area contributed by atoms with Crippen LogP contribution >= 0.6 is 0 Å². The molecule has 2 rings (SSSR count). The van der Waals surface area contributed by atoms with E-state index in [-0.39, 0.29) is 11.3 Å². The van der Waals surface area contributed by atoms with Crippen LogP contribution in [0, 0.1) is 16.7 Å². The number of carbonyl (C=O) groups excluding carboxylic acids is 1. The van der Waals surface area contributed by atoms with E-state index in [1.54, 1.807) is 12.3 Å². The van der Waals surface area contributed by atoms with Gasteiger partial charge in [0.25, 0.3) is 0 Å². The molecule has 0 saturated carbocycles. The number of carbonyl (C=O) groups is 1. The van der Waals surface area contributed by atoms with E-state index in [0.29, 0.717) is 44.2 Å². The topological polar surface area (TPSA) is 73.1 Å². The van der Waals surface area contributed by atoms with E-state index < -0.39 is 0 Å².